The minimum Gasteiger partial charge on any atom is -0.326 e. The number of hydrogen-bond donors (Lipinski definition) is 1. The normalized spacial score (nSPS) is 12.6. The lowest BCUT2D eigenvalue weighted by atomic mass is 10.1. The van der Waals surface area contributed by atoms with Crippen LogP contribution in [0.25, 0.3) is 15.9 Å². The number of carbonyl (C=O) groups excluding carboxylic acids is 2. The average molecular weight is 490 g/mol. The minimum atomic E-state index is -0.162. The van der Waals surface area contributed by atoms with Gasteiger partial charge in [-0.3, -0.25) is 19.0 Å². The fraction of sp³-hybridized carbons (Fsp3) is 0.231. The van der Waals surface area contributed by atoms with E-state index in [1.165, 1.54) is 23.6 Å². The maximum absolute atomic E-state index is 13.7. The first-order chi connectivity index (χ1) is 16.4. The van der Waals surface area contributed by atoms with Crippen molar-refractivity contribution in [2.24, 2.45) is 0 Å². The van der Waals surface area contributed by atoms with Crippen molar-refractivity contribution in [3.05, 3.63) is 80.5 Å². The van der Waals surface area contributed by atoms with Gasteiger partial charge in [0.05, 0.1) is 16.8 Å². The summed E-state index contributed by atoms with van der Waals surface area (Å²) >= 11 is 2.87. The third-order valence-electron chi connectivity index (χ3n) is 5.86. The number of nitrogens with zero attached hydrogens (tertiary/aromatic N) is 2. The molecule has 1 aliphatic carbocycles. The van der Waals surface area contributed by atoms with Crippen molar-refractivity contribution in [1.29, 1.82) is 0 Å². The highest BCUT2D eigenvalue weighted by Crippen LogP contribution is 2.36. The van der Waals surface area contributed by atoms with Crippen LogP contribution in [0.15, 0.2) is 58.5 Å². The van der Waals surface area contributed by atoms with Gasteiger partial charge in [0.25, 0.3) is 5.56 Å². The van der Waals surface area contributed by atoms with Gasteiger partial charge in [0, 0.05) is 23.1 Å². The molecule has 0 atom stereocenters. The maximum atomic E-state index is 13.7. The Morgan fingerprint density at radius 1 is 1.09 bits per heavy atom. The molecule has 6 nitrogen and oxygen atoms in total. The van der Waals surface area contributed by atoms with Crippen LogP contribution in [0.1, 0.15) is 39.7 Å². The van der Waals surface area contributed by atoms with Gasteiger partial charge in [-0.25, -0.2) is 4.98 Å². The number of carbonyl (C=O) groups is 2. The highest BCUT2D eigenvalue weighted by atomic mass is 32.2. The van der Waals surface area contributed by atoms with Gasteiger partial charge in [-0.15, -0.1) is 11.3 Å². The number of amides is 1. The lowest BCUT2D eigenvalue weighted by molar-refractivity contribution is -0.114. The van der Waals surface area contributed by atoms with Crippen LogP contribution in [0.5, 0.6) is 0 Å². The molecule has 0 spiro atoms. The lowest BCUT2D eigenvalue weighted by Gasteiger charge is -2.13. The van der Waals surface area contributed by atoms with Gasteiger partial charge >= 0.3 is 0 Å². The Morgan fingerprint density at radius 2 is 1.82 bits per heavy atom. The average Bonchev–Trinajstić information content (AvgIpc) is 3.39. The summed E-state index contributed by atoms with van der Waals surface area (Å²) in [5, 5.41) is 3.94. The van der Waals surface area contributed by atoms with E-state index in [1.807, 2.05) is 31.2 Å². The molecule has 0 bridgehead atoms. The molecule has 8 heteroatoms. The number of benzene rings is 2. The van der Waals surface area contributed by atoms with E-state index >= 15 is 0 Å². The lowest BCUT2D eigenvalue weighted by Crippen LogP contribution is -2.22. The maximum Gasteiger partial charge on any atom is 0.267 e. The molecule has 172 valence electrons. The number of Topliss-reactive ketones (excluding diaryl/α,β-unsaturated/α-hetero) is 1. The van der Waals surface area contributed by atoms with E-state index in [-0.39, 0.29) is 23.0 Å². The quantitative estimate of drug-likeness (QED) is 0.229. The van der Waals surface area contributed by atoms with E-state index < -0.39 is 0 Å². The Balaban J connectivity index is 1.49. The Labute approximate surface area is 205 Å². The summed E-state index contributed by atoms with van der Waals surface area (Å²) in [6.45, 7) is 3.45. The van der Waals surface area contributed by atoms with E-state index in [0.717, 1.165) is 46.3 Å². The largest absolute Gasteiger partial charge is 0.326 e. The van der Waals surface area contributed by atoms with Crippen molar-refractivity contribution in [3.8, 4) is 5.69 Å². The molecule has 0 aliphatic heterocycles. The van der Waals surface area contributed by atoms with Crippen LogP contribution in [0.4, 0.5) is 5.69 Å². The summed E-state index contributed by atoms with van der Waals surface area (Å²) in [5.41, 5.74) is 4.12. The van der Waals surface area contributed by atoms with Gasteiger partial charge in [-0.1, -0.05) is 29.5 Å². The number of ketones is 1. The molecule has 0 fully saturated rings. The van der Waals surface area contributed by atoms with Crippen LogP contribution in [-0.4, -0.2) is 27.0 Å². The van der Waals surface area contributed by atoms with Crippen LogP contribution in [0, 0.1) is 6.92 Å². The summed E-state index contributed by atoms with van der Waals surface area (Å²) < 4.78 is 1.64. The van der Waals surface area contributed by atoms with Gasteiger partial charge in [-0.05, 0) is 68.1 Å². The van der Waals surface area contributed by atoms with Gasteiger partial charge in [0.1, 0.15) is 4.83 Å². The summed E-state index contributed by atoms with van der Waals surface area (Å²) in [6.07, 6.45) is 2.99. The number of nitrogens with one attached hydrogen (secondary N) is 1. The molecule has 2 aromatic heterocycles. The Kier molecular flexibility index (Phi) is 6.10. The molecule has 2 heterocycles. The van der Waals surface area contributed by atoms with Crippen molar-refractivity contribution in [1.82, 2.24) is 9.55 Å². The zero-order chi connectivity index (χ0) is 23.8. The van der Waals surface area contributed by atoms with Crippen molar-refractivity contribution in [2.45, 2.75) is 38.3 Å². The van der Waals surface area contributed by atoms with E-state index in [4.69, 9.17) is 4.98 Å². The van der Waals surface area contributed by atoms with Crippen LogP contribution in [0.3, 0.4) is 0 Å². The zero-order valence-corrected chi connectivity index (χ0v) is 20.5. The van der Waals surface area contributed by atoms with Gasteiger partial charge < -0.3 is 5.32 Å². The van der Waals surface area contributed by atoms with E-state index in [9.17, 15) is 14.4 Å². The fourth-order valence-corrected chi connectivity index (χ4v) is 6.41. The summed E-state index contributed by atoms with van der Waals surface area (Å²) in [6, 6.07) is 14.6. The van der Waals surface area contributed by atoms with E-state index in [0.29, 0.717) is 16.4 Å². The van der Waals surface area contributed by atoms with Crippen molar-refractivity contribution in [2.75, 3.05) is 11.1 Å². The van der Waals surface area contributed by atoms with Crippen LogP contribution in [0.2, 0.25) is 0 Å². The Morgan fingerprint density at radius 3 is 2.53 bits per heavy atom. The predicted molar refractivity (Wildman–Crippen MR) is 138 cm³/mol. The molecule has 1 aliphatic rings. The molecular weight excluding hydrogens is 466 g/mol. The number of rotatable bonds is 6. The van der Waals surface area contributed by atoms with Gasteiger partial charge in [-0.2, -0.15) is 0 Å². The molecular formula is C26H23N3O3S2. The number of anilines is 1. The van der Waals surface area contributed by atoms with E-state index in [1.54, 1.807) is 40.2 Å². The molecule has 2 aromatic carbocycles. The fourth-order valence-electron chi connectivity index (χ4n) is 4.20. The van der Waals surface area contributed by atoms with Gasteiger partial charge in [0.2, 0.25) is 5.91 Å². The van der Waals surface area contributed by atoms with Crippen molar-refractivity contribution in [3.63, 3.8) is 0 Å². The molecule has 0 saturated carbocycles. The van der Waals surface area contributed by atoms with E-state index in [2.05, 4.69) is 5.32 Å². The summed E-state index contributed by atoms with van der Waals surface area (Å²) in [5.74, 6) is -0.0865. The first kappa shape index (κ1) is 22.6. The minimum absolute atomic E-state index is 0.0668. The van der Waals surface area contributed by atoms with Gasteiger partial charge in [0.15, 0.2) is 10.9 Å². The number of thiophene rings is 1. The first-order valence-electron chi connectivity index (χ1n) is 11.1. The molecule has 1 amide bonds. The summed E-state index contributed by atoms with van der Waals surface area (Å²) in [7, 11) is 0. The topological polar surface area (TPSA) is 81.1 Å². The number of aromatic nitrogens is 2. The standard InChI is InChI=1S/C26H23N3O3S2/c1-15-6-12-19(13-7-15)29-25(32)23-20-4-3-5-22(20)34-24(23)28-26(29)33-14-21(31)17-8-10-18(11-9-17)27-16(2)30/h6-13H,3-5,14H2,1-2H3,(H,27,30). The Bertz CT molecular complexity index is 1470. The molecule has 4 aromatic rings. The highest BCUT2D eigenvalue weighted by Gasteiger charge is 2.24. The first-order valence-corrected chi connectivity index (χ1v) is 12.9. The van der Waals surface area contributed by atoms with Crippen LogP contribution in [-0.2, 0) is 17.6 Å². The second-order valence-corrected chi connectivity index (χ2v) is 10.4. The number of thioether (sulfide) groups is 1. The number of fused-ring (bicyclic) bond motifs is 3. The second-order valence-electron chi connectivity index (χ2n) is 8.38. The van der Waals surface area contributed by atoms with Crippen molar-refractivity contribution >= 4 is 50.7 Å². The molecule has 5 rings (SSSR count). The third-order valence-corrected chi connectivity index (χ3v) is 7.98. The molecule has 0 saturated heterocycles. The van der Waals surface area contributed by atoms with Crippen molar-refractivity contribution < 1.29 is 9.59 Å². The Hall–Kier alpha value is -3.23. The number of aryl methyl sites for hydroxylation is 3. The second kappa shape index (κ2) is 9.19. The highest BCUT2D eigenvalue weighted by molar-refractivity contribution is 7.99. The molecule has 34 heavy (non-hydrogen) atoms. The predicted octanol–water partition coefficient (Wildman–Crippen LogP) is 5.18. The smallest absolute Gasteiger partial charge is 0.267 e. The monoisotopic (exact) mass is 489 g/mol. The molecule has 0 radical (unpaired) electrons. The molecule has 1 N–H and O–H groups in total. The third kappa shape index (κ3) is 4.31. The van der Waals surface area contributed by atoms with Crippen LogP contribution >= 0.6 is 23.1 Å². The zero-order valence-electron chi connectivity index (χ0n) is 18.9. The molecule has 0 unspecified atom stereocenters. The SMILES string of the molecule is CC(=O)Nc1ccc(C(=O)CSc2nc3sc4c(c3c(=O)n2-c2ccc(C)cc2)CCC4)cc1. The number of hydrogen-bond acceptors (Lipinski definition) is 6. The summed E-state index contributed by atoms with van der Waals surface area (Å²) in [4.78, 5) is 44.7. The van der Waals surface area contributed by atoms with Crippen LogP contribution < -0.4 is 10.9 Å².